The van der Waals surface area contributed by atoms with E-state index in [1.807, 2.05) is 18.2 Å². The summed E-state index contributed by atoms with van der Waals surface area (Å²) in [5.74, 6) is 0.864. The van der Waals surface area contributed by atoms with Gasteiger partial charge in [-0.1, -0.05) is 15.9 Å². The molecule has 1 heterocycles. The van der Waals surface area contributed by atoms with E-state index in [1.165, 1.54) is 0 Å². The molecule has 1 aromatic rings. The maximum Gasteiger partial charge on any atom is 0.129 e. The molecule has 0 bridgehead atoms. The van der Waals surface area contributed by atoms with Gasteiger partial charge in [-0.3, -0.25) is 5.32 Å². The van der Waals surface area contributed by atoms with Crippen LogP contribution in [0.5, 0.6) is 5.75 Å². The summed E-state index contributed by atoms with van der Waals surface area (Å²) >= 11 is 3.44. The van der Waals surface area contributed by atoms with Gasteiger partial charge in [-0.25, -0.2) is 0 Å². The van der Waals surface area contributed by atoms with E-state index in [4.69, 9.17) is 9.47 Å². The Balaban J connectivity index is 1.83. The molecule has 4 nitrogen and oxygen atoms in total. The first-order valence-corrected chi connectivity index (χ1v) is 6.91. The molecule has 1 unspecified atom stereocenters. The summed E-state index contributed by atoms with van der Waals surface area (Å²) in [5, 5.41) is 13.0. The zero-order chi connectivity index (χ0) is 12.6. The lowest BCUT2D eigenvalue weighted by Crippen LogP contribution is -2.46. The van der Waals surface area contributed by atoms with Gasteiger partial charge in [0, 0.05) is 10.0 Å². The van der Waals surface area contributed by atoms with E-state index in [-0.39, 0.29) is 5.54 Å². The summed E-state index contributed by atoms with van der Waals surface area (Å²) in [6.07, 6.45) is 1.45. The van der Waals surface area contributed by atoms with Crippen molar-refractivity contribution in [2.75, 3.05) is 13.2 Å². The van der Waals surface area contributed by atoms with Crippen molar-refractivity contribution in [2.45, 2.75) is 31.2 Å². The van der Waals surface area contributed by atoms with Gasteiger partial charge in [-0.05, 0) is 31.0 Å². The predicted octanol–water partition coefficient (Wildman–Crippen LogP) is 1.80. The molecule has 3 rings (SSSR count). The standard InChI is InChI=1S/C13H16BrNO3/c14-10-1-2-11-9(5-10)6-17-7-12(16)15-13(3-4-13)8-18-11/h1-2,5,12,15-16H,3-4,6-8H2. The van der Waals surface area contributed by atoms with Crippen molar-refractivity contribution >= 4 is 15.9 Å². The second-order valence-electron chi connectivity index (χ2n) is 5.00. The fourth-order valence-corrected chi connectivity index (χ4v) is 2.58. The van der Waals surface area contributed by atoms with Crippen molar-refractivity contribution in [2.24, 2.45) is 0 Å². The number of aliphatic hydroxyl groups is 1. The molecule has 1 spiro atoms. The maximum atomic E-state index is 9.81. The minimum Gasteiger partial charge on any atom is -0.491 e. The van der Waals surface area contributed by atoms with Gasteiger partial charge in [0.05, 0.1) is 18.8 Å². The zero-order valence-electron chi connectivity index (χ0n) is 9.99. The van der Waals surface area contributed by atoms with Gasteiger partial charge in [0.25, 0.3) is 0 Å². The lowest BCUT2D eigenvalue weighted by atomic mass is 10.2. The highest BCUT2D eigenvalue weighted by Gasteiger charge is 2.45. The van der Waals surface area contributed by atoms with Crippen LogP contribution >= 0.6 is 15.9 Å². The van der Waals surface area contributed by atoms with Crippen molar-refractivity contribution in [3.8, 4) is 5.75 Å². The predicted molar refractivity (Wildman–Crippen MR) is 70.4 cm³/mol. The maximum absolute atomic E-state index is 9.81. The van der Waals surface area contributed by atoms with Crippen LogP contribution in [-0.4, -0.2) is 30.1 Å². The quantitative estimate of drug-likeness (QED) is 0.767. The number of ether oxygens (including phenoxy) is 2. The molecule has 1 aromatic carbocycles. The number of hydrogen-bond donors (Lipinski definition) is 2. The van der Waals surface area contributed by atoms with E-state index < -0.39 is 6.23 Å². The molecule has 2 N–H and O–H groups in total. The highest BCUT2D eigenvalue weighted by Crippen LogP contribution is 2.37. The fraction of sp³-hybridized carbons (Fsp3) is 0.538. The minimum atomic E-state index is -0.621. The summed E-state index contributed by atoms with van der Waals surface area (Å²) in [4.78, 5) is 0. The summed E-state index contributed by atoms with van der Waals surface area (Å²) in [5.41, 5.74) is 0.944. The van der Waals surface area contributed by atoms with Crippen LogP contribution in [0.25, 0.3) is 0 Å². The SMILES string of the molecule is OC1COCc2cc(Br)ccc2OCC2(CC2)N1. The first-order valence-electron chi connectivity index (χ1n) is 6.12. The molecule has 1 atom stereocenters. The Kier molecular flexibility index (Phi) is 3.32. The van der Waals surface area contributed by atoms with Crippen molar-refractivity contribution in [3.05, 3.63) is 28.2 Å². The van der Waals surface area contributed by atoms with Crippen LogP contribution in [0.4, 0.5) is 0 Å². The van der Waals surface area contributed by atoms with Crippen molar-refractivity contribution in [3.63, 3.8) is 0 Å². The Hall–Kier alpha value is -0.620. The fourth-order valence-electron chi connectivity index (χ4n) is 2.17. The van der Waals surface area contributed by atoms with Crippen LogP contribution in [0.3, 0.4) is 0 Å². The Morgan fingerprint density at radius 3 is 3.00 bits per heavy atom. The van der Waals surface area contributed by atoms with Gasteiger partial charge in [0.15, 0.2) is 0 Å². The Labute approximate surface area is 114 Å². The van der Waals surface area contributed by atoms with E-state index in [0.29, 0.717) is 19.8 Å². The molecule has 1 fully saturated rings. The second kappa shape index (κ2) is 4.81. The normalized spacial score (nSPS) is 26.2. The number of halogens is 1. The molecule has 1 aliphatic carbocycles. The van der Waals surface area contributed by atoms with E-state index in [0.717, 1.165) is 28.6 Å². The average Bonchev–Trinajstić information content (AvgIpc) is 3.08. The molecule has 1 aliphatic heterocycles. The molecular formula is C13H16BrNO3. The van der Waals surface area contributed by atoms with Gasteiger partial charge >= 0.3 is 0 Å². The van der Waals surface area contributed by atoms with Gasteiger partial charge in [0.2, 0.25) is 0 Å². The highest BCUT2D eigenvalue weighted by atomic mass is 79.9. The van der Waals surface area contributed by atoms with Gasteiger partial charge in [-0.15, -0.1) is 0 Å². The number of rotatable bonds is 0. The molecule has 0 saturated heterocycles. The van der Waals surface area contributed by atoms with Crippen LogP contribution in [0.2, 0.25) is 0 Å². The molecule has 98 valence electrons. The highest BCUT2D eigenvalue weighted by molar-refractivity contribution is 9.10. The molecule has 0 aromatic heterocycles. The lowest BCUT2D eigenvalue weighted by molar-refractivity contribution is -0.00538. The monoisotopic (exact) mass is 313 g/mol. The minimum absolute atomic E-state index is 0.0650. The molecule has 0 amide bonds. The first-order chi connectivity index (χ1) is 8.67. The van der Waals surface area contributed by atoms with Crippen LogP contribution in [0.15, 0.2) is 22.7 Å². The summed E-state index contributed by atoms with van der Waals surface area (Å²) < 4.78 is 12.4. The van der Waals surface area contributed by atoms with Crippen molar-refractivity contribution in [1.29, 1.82) is 0 Å². The van der Waals surface area contributed by atoms with Crippen LogP contribution in [0, 0.1) is 0 Å². The Morgan fingerprint density at radius 2 is 2.22 bits per heavy atom. The van der Waals surface area contributed by atoms with Crippen LogP contribution in [-0.2, 0) is 11.3 Å². The van der Waals surface area contributed by atoms with E-state index >= 15 is 0 Å². The number of fused-ring (bicyclic) bond motifs is 1. The second-order valence-corrected chi connectivity index (χ2v) is 5.91. The Morgan fingerprint density at radius 1 is 1.39 bits per heavy atom. The lowest BCUT2D eigenvalue weighted by Gasteiger charge is -2.25. The summed E-state index contributed by atoms with van der Waals surface area (Å²) in [6.45, 7) is 1.34. The molecule has 2 aliphatic rings. The topological polar surface area (TPSA) is 50.7 Å². The molecule has 0 radical (unpaired) electrons. The van der Waals surface area contributed by atoms with Crippen LogP contribution in [0.1, 0.15) is 18.4 Å². The van der Waals surface area contributed by atoms with Gasteiger partial charge < -0.3 is 14.6 Å². The summed E-state index contributed by atoms with van der Waals surface area (Å²) in [6, 6.07) is 5.92. The van der Waals surface area contributed by atoms with Crippen molar-refractivity contribution in [1.82, 2.24) is 5.32 Å². The van der Waals surface area contributed by atoms with Gasteiger partial charge in [-0.2, -0.15) is 0 Å². The third-order valence-electron chi connectivity index (χ3n) is 3.39. The summed E-state index contributed by atoms with van der Waals surface area (Å²) in [7, 11) is 0. The van der Waals surface area contributed by atoms with Crippen molar-refractivity contribution < 1.29 is 14.6 Å². The zero-order valence-corrected chi connectivity index (χ0v) is 11.6. The van der Waals surface area contributed by atoms with Gasteiger partial charge in [0.1, 0.15) is 18.6 Å². The molecule has 1 saturated carbocycles. The van der Waals surface area contributed by atoms with E-state index in [9.17, 15) is 5.11 Å². The smallest absolute Gasteiger partial charge is 0.129 e. The third-order valence-corrected chi connectivity index (χ3v) is 3.88. The van der Waals surface area contributed by atoms with E-state index in [2.05, 4.69) is 21.2 Å². The number of nitrogens with one attached hydrogen (secondary N) is 1. The van der Waals surface area contributed by atoms with E-state index in [1.54, 1.807) is 0 Å². The largest absolute Gasteiger partial charge is 0.491 e. The molecule has 5 heteroatoms. The average molecular weight is 314 g/mol. The number of hydrogen-bond acceptors (Lipinski definition) is 4. The molecular weight excluding hydrogens is 298 g/mol. The van der Waals surface area contributed by atoms with Crippen LogP contribution < -0.4 is 10.1 Å². The Bertz CT molecular complexity index is 448. The molecule has 18 heavy (non-hydrogen) atoms. The third kappa shape index (κ3) is 2.69. The number of aliphatic hydroxyl groups excluding tert-OH is 1. The number of benzene rings is 1. The first kappa shape index (κ1) is 12.4.